The number of aryl methyl sites for hydroxylation is 1. The first kappa shape index (κ1) is 19.3. The van der Waals surface area contributed by atoms with Gasteiger partial charge in [0, 0.05) is 5.69 Å². The largest absolute Gasteiger partial charge is 0.337 e. The third-order valence-corrected chi connectivity index (χ3v) is 4.08. The number of rotatable bonds is 6. The molecule has 142 valence electrons. The Morgan fingerprint density at radius 1 is 1.14 bits per heavy atom. The predicted octanol–water partition coefficient (Wildman–Crippen LogP) is 5.19. The minimum atomic E-state index is -0.336. The molecule has 0 aliphatic heterocycles. The van der Waals surface area contributed by atoms with Gasteiger partial charge in [-0.3, -0.25) is 4.79 Å². The van der Waals surface area contributed by atoms with Crippen molar-refractivity contribution in [3.05, 3.63) is 77.7 Å². The maximum Gasteiger partial charge on any atom is 0.247 e. The average Bonchev–Trinajstić information content (AvgIpc) is 2.68. The van der Waals surface area contributed by atoms with Crippen molar-refractivity contribution >= 4 is 46.3 Å². The molecule has 0 bridgehead atoms. The molecular weight excluding hydrogens is 381 g/mol. The molecule has 2 aromatic carbocycles. The first-order chi connectivity index (χ1) is 13.5. The molecule has 3 aromatic rings. The summed E-state index contributed by atoms with van der Waals surface area (Å²) in [6, 6.07) is 11.5. The highest BCUT2D eigenvalue weighted by atomic mass is 35.5. The highest BCUT2D eigenvalue weighted by Gasteiger charge is 2.10. The van der Waals surface area contributed by atoms with Gasteiger partial charge in [0.1, 0.15) is 10.8 Å². The van der Waals surface area contributed by atoms with Crippen LogP contribution in [0.25, 0.3) is 0 Å². The molecule has 28 heavy (non-hydrogen) atoms. The van der Waals surface area contributed by atoms with Crippen LogP contribution in [0, 0.1) is 12.7 Å². The molecule has 0 radical (unpaired) electrons. The Kier molecular flexibility index (Phi) is 5.86. The molecule has 0 spiro atoms. The number of nitrogens with zero attached hydrogens (tertiary/aromatic N) is 2. The molecule has 1 aromatic heterocycles. The maximum absolute atomic E-state index is 13.3. The third kappa shape index (κ3) is 4.63. The van der Waals surface area contributed by atoms with Gasteiger partial charge in [-0.25, -0.2) is 9.37 Å². The first-order valence-electron chi connectivity index (χ1n) is 8.31. The SMILES string of the molecule is C=CC(=O)Nc1ccccc1Nc1nc(Nc2ccc(F)cc2C)ncc1Cl. The lowest BCUT2D eigenvalue weighted by Crippen LogP contribution is -2.09. The molecule has 0 saturated heterocycles. The van der Waals surface area contributed by atoms with Crippen LogP contribution in [0.4, 0.5) is 33.2 Å². The van der Waals surface area contributed by atoms with E-state index >= 15 is 0 Å². The van der Waals surface area contributed by atoms with Gasteiger partial charge in [0.15, 0.2) is 5.82 Å². The minimum Gasteiger partial charge on any atom is -0.337 e. The lowest BCUT2D eigenvalue weighted by molar-refractivity contribution is -0.111. The molecule has 6 nitrogen and oxygen atoms in total. The number of carbonyl (C=O) groups excluding carboxylic acids is 1. The van der Waals surface area contributed by atoms with Gasteiger partial charge in [-0.2, -0.15) is 4.98 Å². The molecule has 0 aliphatic rings. The van der Waals surface area contributed by atoms with Crippen LogP contribution in [-0.4, -0.2) is 15.9 Å². The molecule has 3 rings (SSSR count). The fourth-order valence-electron chi connectivity index (χ4n) is 2.42. The Balaban J connectivity index is 1.87. The third-order valence-electron chi connectivity index (χ3n) is 3.80. The van der Waals surface area contributed by atoms with E-state index in [1.54, 1.807) is 31.2 Å². The van der Waals surface area contributed by atoms with Crippen LogP contribution in [0.15, 0.2) is 61.3 Å². The fraction of sp³-hybridized carbons (Fsp3) is 0.0500. The highest BCUT2D eigenvalue weighted by Crippen LogP contribution is 2.29. The van der Waals surface area contributed by atoms with E-state index in [1.807, 2.05) is 6.07 Å². The molecule has 0 fully saturated rings. The van der Waals surface area contributed by atoms with Crippen LogP contribution in [0.5, 0.6) is 0 Å². The highest BCUT2D eigenvalue weighted by molar-refractivity contribution is 6.33. The van der Waals surface area contributed by atoms with Crippen molar-refractivity contribution in [2.75, 3.05) is 16.0 Å². The van der Waals surface area contributed by atoms with Gasteiger partial charge in [-0.05, 0) is 48.9 Å². The van der Waals surface area contributed by atoms with Crippen LogP contribution in [0.1, 0.15) is 5.56 Å². The molecule has 0 aliphatic carbocycles. The lowest BCUT2D eigenvalue weighted by atomic mass is 10.2. The summed E-state index contributed by atoms with van der Waals surface area (Å²) in [5.41, 5.74) is 2.53. The second-order valence-corrected chi connectivity index (χ2v) is 6.25. The summed E-state index contributed by atoms with van der Waals surface area (Å²) in [7, 11) is 0. The van der Waals surface area contributed by atoms with Crippen molar-refractivity contribution in [3.8, 4) is 0 Å². The molecule has 1 heterocycles. The van der Waals surface area contributed by atoms with Crippen molar-refractivity contribution in [3.63, 3.8) is 0 Å². The number of nitrogens with one attached hydrogen (secondary N) is 3. The lowest BCUT2D eigenvalue weighted by Gasteiger charge is -2.14. The number of hydrogen-bond acceptors (Lipinski definition) is 5. The van der Waals surface area contributed by atoms with Crippen molar-refractivity contribution in [2.24, 2.45) is 0 Å². The van der Waals surface area contributed by atoms with Crippen molar-refractivity contribution < 1.29 is 9.18 Å². The summed E-state index contributed by atoms with van der Waals surface area (Å²) in [6.45, 7) is 5.22. The summed E-state index contributed by atoms with van der Waals surface area (Å²) in [5, 5.41) is 9.13. The Hall–Kier alpha value is -3.45. The Morgan fingerprint density at radius 3 is 2.61 bits per heavy atom. The van der Waals surface area contributed by atoms with E-state index in [9.17, 15) is 9.18 Å². The van der Waals surface area contributed by atoms with E-state index in [1.165, 1.54) is 24.4 Å². The summed E-state index contributed by atoms with van der Waals surface area (Å²) in [5.74, 6) is -0.0220. The number of benzene rings is 2. The first-order valence-corrected chi connectivity index (χ1v) is 8.69. The summed E-state index contributed by atoms with van der Waals surface area (Å²) < 4.78 is 13.3. The van der Waals surface area contributed by atoms with Gasteiger partial charge in [-0.15, -0.1) is 0 Å². The van der Waals surface area contributed by atoms with E-state index in [2.05, 4.69) is 32.5 Å². The van der Waals surface area contributed by atoms with Crippen LogP contribution in [0.3, 0.4) is 0 Å². The van der Waals surface area contributed by atoms with Crippen molar-refractivity contribution in [1.82, 2.24) is 9.97 Å². The number of anilines is 5. The van der Waals surface area contributed by atoms with E-state index < -0.39 is 0 Å². The Bertz CT molecular complexity index is 1040. The molecule has 0 unspecified atom stereocenters. The number of carbonyl (C=O) groups is 1. The van der Waals surface area contributed by atoms with Crippen LogP contribution < -0.4 is 16.0 Å². The summed E-state index contributed by atoms with van der Waals surface area (Å²) in [4.78, 5) is 20.1. The monoisotopic (exact) mass is 397 g/mol. The van der Waals surface area contributed by atoms with E-state index in [0.29, 0.717) is 33.5 Å². The molecule has 0 saturated carbocycles. The zero-order valence-corrected chi connectivity index (χ0v) is 15.7. The maximum atomic E-state index is 13.3. The zero-order valence-electron chi connectivity index (χ0n) is 15.0. The number of hydrogen-bond donors (Lipinski definition) is 3. The quantitative estimate of drug-likeness (QED) is 0.499. The number of para-hydroxylation sites is 2. The molecule has 0 atom stereocenters. The second kappa shape index (κ2) is 8.49. The average molecular weight is 398 g/mol. The van der Waals surface area contributed by atoms with Gasteiger partial charge in [0.05, 0.1) is 17.6 Å². The van der Waals surface area contributed by atoms with Crippen LogP contribution in [-0.2, 0) is 4.79 Å². The van der Waals surface area contributed by atoms with Crippen LogP contribution in [0.2, 0.25) is 5.02 Å². The van der Waals surface area contributed by atoms with E-state index in [4.69, 9.17) is 11.6 Å². The normalized spacial score (nSPS) is 10.2. The summed E-state index contributed by atoms with van der Waals surface area (Å²) >= 11 is 6.22. The number of aromatic nitrogens is 2. The molecule has 8 heteroatoms. The smallest absolute Gasteiger partial charge is 0.247 e. The zero-order chi connectivity index (χ0) is 20.1. The molecule has 3 N–H and O–H groups in total. The summed E-state index contributed by atoms with van der Waals surface area (Å²) in [6.07, 6.45) is 2.63. The second-order valence-electron chi connectivity index (χ2n) is 5.84. The topological polar surface area (TPSA) is 78.9 Å². The van der Waals surface area contributed by atoms with Crippen molar-refractivity contribution in [2.45, 2.75) is 6.92 Å². The molecular formula is C20H17ClFN5O. The minimum absolute atomic E-state index is 0.286. The van der Waals surface area contributed by atoms with Gasteiger partial charge in [0.2, 0.25) is 11.9 Å². The number of amides is 1. The van der Waals surface area contributed by atoms with Gasteiger partial charge in [-0.1, -0.05) is 30.3 Å². The van der Waals surface area contributed by atoms with Crippen molar-refractivity contribution in [1.29, 1.82) is 0 Å². The number of halogens is 2. The standard InChI is InChI=1S/C20H17ClFN5O/c1-3-18(28)24-16-6-4-5-7-17(16)25-19-14(21)11-23-20(27-19)26-15-9-8-13(22)10-12(15)2/h3-11H,1H2,2H3,(H,24,28)(H2,23,25,26,27). The van der Waals surface area contributed by atoms with Gasteiger partial charge in [0.25, 0.3) is 0 Å². The molecule has 1 amide bonds. The van der Waals surface area contributed by atoms with Gasteiger partial charge < -0.3 is 16.0 Å². The Morgan fingerprint density at radius 2 is 1.89 bits per heavy atom. The predicted molar refractivity (Wildman–Crippen MR) is 110 cm³/mol. The van der Waals surface area contributed by atoms with E-state index in [-0.39, 0.29) is 17.7 Å². The van der Waals surface area contributed by atoms with Crippen LogP contribution >= 0.6 is 11.6 Å². The van der Waals surface area contributed by atoms with Gasteiger partial charge >= 0.3 is 0 Å². The Labute approximate surface area is 166 Å². The van der Waals surface area contributed by atoms with E-state index in [0.717, 1.165) is 0 Å². The fourth-order valence-corrected chi connectivity index (χ4v) is 2.55.